The molecule has 1 aliphatic rings. The van der Waals surface area contributed by atoms with Crippen LogP contribution in [0.4, 0.5) is 8.78 Å². The van der Waals surface area contributed by atoms with Crippen molar-refractivity contribution in [2.75, 3.05) is 0 Å². The topological polar surface area (TPSA) is 52.5 Å². The van der Waals surface area contributed by atoms with E-state index in [1.54, 1.807) is 18.2 Å². The molecule has 3 aromatic carbocycles. The lowest BCUT2D eigenvalue weighted by Gasteiger charge is -2.19. The van der Waals surface area contributed by atoms with Crippen LogP contribution in [0.2, 0.25) is 5.02 Å². The normalized spacial score (nSPS) is 14.4. The van der Waals surface area contributed by atoms with E-state index in [0.29, 0.717) is 16.1 Å². The van der Waals surface area contributed by atoms with Crippen molar-refractivity contribution in [3.8, 4) is 6.07 Å². The molecule has 6 heteroatoms. The molecule has 1 aliphatic carbocycles. The van der Waals surface area contributed by atoms with Gasteiger partial charge in [-0.25, -0.2) is 4.39 Å². The van der Waals surface area contributed by atoms with E-state index in [9.17, 15) is 14.0 Å². The van der Waals surface area contributed by atoms with Gasteiger partial charge in [0.2, 0.25) is 5.95 Å². The van der Waals surface area contributed by atoms with Gasteiger partial charge in [0.15, 0.2) is 0 Å². The Morgan fingerprint density at radius 2 is 1.77 bits per heavy atom. The Morgan fingerprint density at radius 3 is 2.45 bits per heavy atom. The average Bonchev–Trinajstić information content (AvgIpc) is 3.55. The maximum atomic E-state index is 14.5. The number of hydrogen-bond acceptors (Lipinski definition) is 2. The number of benzene rings is 3. The molecule has 0 atom stereocenters. The Balaban J connectivity index is 1.91. The summed E-state index contributed by atoms with van der Waals surface area (Å²) in [5.74, 6) is -0.840. The molecular formula is C25H16ClF2N3. The molecule has 5 rings (SSSR count). The lowest BCUT2D eigenvalue weighted by Crippen LogP contribution is -2.01. The van der Waals surface area contributed by atoms with E-state index in [-0.39, 0.29) is 16.9 Å². The predicted molar refractivity (Wildman–Crippen MR) is 117 cm³/mol. The van der Waals surface area contributed by atoms with Crippen molar-refractivity contribution in [3.05, 3.63) is 99.7 Å². The molecule has 152 valence electrons. The van der Waals surface area contributed by atoms with Gasteiger partial charge in [-0.05, 0) is 59.2 Å². The number of halogens is 3. The number of rotatable bonds is 4. The summed E-state index contributed by atoms with van der Waals surface area (Å²) in [6.07, 6.45) is 1.92. The van der Waals surface area contributed by atoms with Crippen molar-refractivity contribution in [2.24, 2.45) is 5.92 Å². The molecule has 1 fully saturated rings. The van der Waals surface area contributed by atoms with E-state index in [2.05, 4.69) is 16.3 Å². The largest absolute Gasteiger partial charge is 0.252 e. The van der Waals surface area contributed by atoms with Crippen molar-refractivity contribution in [3.63, 3.8) is 0 Å². The van der Waals surface area contributed by atoms with Crippen molar-refractivity contribution in [1.29, 1.82) is 5.26 Å². The quantitative estimate of drug-likeness (QED) is 0.364. The number of nitriles is 1. The van der Waals surface area contributed by atoms with E-state index in [0.717, 1.165) is 35.1 Å². The van der Waals surface area contributed by atoms with Crippen molar-refractivity contribution >= 4 is 33.7 Å². The molecule has 4 aromatic rings. The number of aromatic amines is 1. The second-order valence-corrected chi connectivity index (χ2v) is 7.99. The fraction of sp³-hybridized carbons (Fsp3) is 0.120. The molecule has 0 aliphatic heterocycles. The molecule has 1 aromatic heterocycles. The Kier molecular flexibility index (Phi) is 4.80. The number of fused-ring (bicyclic) bond motifs is 1. The van der Waals surface area contributed by atoms with Crippen LogP contribution in [0.5, 0.6) is 0 Å². The summed E-state index contributed by atoms with van der Waals surface area (Å²) < 4.78 is 28.3. The Morgan fingerprint density at radius 1 is 1.03 bits per heavy atom. The molecule has 0 bridgehead atoms. The van der Waals surface area contributed by atoms with Gasteiger partial charge in [-0.3, -0.25) is 5.10 Å². The molecular weight excluding hydrogens is 416 g/mol. The maximum Gasteiger partial charge on any atom is 0.218 e. The fourth-order valence-electron chi connectivity index (χ4n) is 4.10. The minimum atomic E-state index is -0.645. The molecule has 0 spiro atoms. The first-order valence-corrected chi connectivity index (χ1v) is 10.3. The van der Waals surface area contributed by atoms with Gasteiger partial charge >= 0.3 is 0 Å². The molecule has 3 nitrogen and oxygen atoms in total. The van der Waals surface area contributed by atoms with Crippen LogP contribution in [0.3, 0.4) is 0 Å². The van der Waals surface area contributed by atoms with Crippen LogP contribution in [0.15, 0.2) is 60.7 Å². The third-order valence-corrected chi connectivity index (χ3v) is 5.91. The minimum absolute atomic E-state index is 0.161. The van der Waals surface area contributed by atoms with Crippen LogP contribution >= 0.6 is 11.6 Å². The molecule has 1 heterocycles. The predicted octanol–water partition coefficient (Wildman–Crippen LogP) is 6.74. The lowest BCUT2D eigenvalue weighted by atomic mass is 9.84. The summed E-state index contributed by atoms with van der Waals surface area (Å²) in [7, 11) is 0. The number of hydrogen-bond donors (Lipinski definition) is 1. The molecule has 0 amide bonds. The van der Waals surface area contributed by atoms with Gasteiger partial charge < -0.3 is 0 Å². The summed E-state index contributed by atoms with van der Waals surface area (Å²) in [4.78, 5) is 0. The van der Waals surface area contributed by atoms with E-state index in [1.165, 1.54) is 12.1 Å². The van der Waals surface area contributed by atoms with Crippen LogP contribution in [-0.4, -0.2) is 10.2 Å². The number of nitrogens with zero attached hydrogens (tertiary/aromatic N) is 2. The molecule has 1 N–H and O–H groups in total. The highest BCUT2D eigenvalue weighted by Crippen LogP contribution is 2.50. The zero-order valence-electron chi connectivity index (χ0n) is 16.3. The molecule has 0 unspecified atom stereocenters. The second kappa shape index (κ2) is 7.64. The van der Waals surface area contributed by atoms with E-state index in [4.69, 9.17) is 11.6 Å². The first kappa shape index (κ1) is 19.5. The monoisotopic (exact) mass is 431 g/mol. The first-order chi connectivity index (χ1) is 15.1. The van der Waals surface area contributed by atoms with Gasteiger partial charge in [0, 0.05) is 5.56 Å². The molecule has 0 saturated heterocycles. The van der Waals surface area contributed by atoms with Gasteiger partial charge in [0.05, 0.1) is 21.5 Å². The highest BCUT2D eigenvalue weighted by Gasteiger charge is 2.33. The summed E-state index contributed by atoms with van der Waals surface area (Å²) in [6.45, 7) is 0. The summed E-state index contributed by atoms with van der Waals surface area (Å²) in [5, 5.41) is 16.7. The zero-order chi connectivity index (χ0) is 21.5. The second-order valence-electron chi connectivity index (χ2n) is 7.58. The average molecular weight is 432 g/mol. The Bertz CT molecular complexity index is 1380. The zero-order valence-corrected chi connectivity index (χ0v) is 17.0. The van der Waals surface area contributed by atoms with Gasteiger partial charge in [-0.15, -0.1) is 0 Å². The van der Waals surface area contributed by atoms with Crippen LogP contribution in [0, 0.1) is 29.0 Å². The highest BCUT2D eigenvalue weighted by atomic mass is 35.5. The Hall–Kier alpha value is -3.49. The molecule has 1 saturated carbocycles. The number of allylic oxidation sites excluding steroid dienone is 1. The van der Waals surface area contributed by atoms with Gasteiger partial charge in [-0.1, -0.05) is 54.1 Å². The van der Waals surface area contributed by atoms with Crippen LogP contribution in [0.25, 0.3) is 22.0 Å². The number of aromatic nitrogens is 2. The van der Waals surface area contributed by atoms with Gasteiger partial charge in [-0.2, -0.15) is 14.8 Å². The smallest absolute Gasteiger partial charge is 0.218 e. The standard InChI is InChI=1S/C25H16ClF2N3/c26-20-12-16(27)8-9-18(20)23(15-6-7-15)22(14-4-2-1-3-5-14)17-10-11-21-24(19(17)13-29)25(28)31-30-21/h1-5,8-12,15H,6-7H2,(H,30,31)/b23-22+. The summed E-state index contributed by atoms with van der Waals surface area (Å²) in [6, 6.07) is 19.7. The first-order valence-electron chi connectivity index (χ1n) is 9.90. The number of nitrogens with one attached hydrogen (secondary N) is 1. The SMILES string of the molecule is N#Cc1c(/C(=C(/c2ccc(F)cc2Cl)C2CC2)c2ccccc2)ccc2n[nH]c(F)c12. The summed E-state index contributed by atoms with van der Waals surface area (Å²) in [5.41, 5.74) is 4.54. The number of H-pyrrole nitrogens is 1. The molecule has 31 heavy (non-hydrogen) atoms. The Labute approximate surface area is 182 Å². The third-order valence-electron chi connectivity index (χ3n) is 5.60. The van der Waals surface area contributed by atoms with Gasteiger partial charge in [0.25, 0.3) is 0 Å². The molecule has 0 radical (unpaired) electrons. The van der Waals surface area contributed by atoms with E-state index >= 15 is 0 Å². The van der Waals surface area contributed by atoms with Crippen molar-refractivity contribution in [1.82, 2.24) is 10.2 Å². The highest BCUT2D eigenvalue weighted by molar-refractivity contribution is 6.33. The van der Waals surface area contributed by atoms with E-state index < -0.39 is 11.8 Å². The van der Waals surface area contributed by atoms with Gasteiger partial charge in [0.1, 0.15) is 11.9 Å². The fourth-order valence-corrected chi connectivity index (χ4v) is 4.37. The summed E-state index contributed by atoms with van der Waals surface area (Å²) >= 11 is 6.48. The lowest BCUT2D eigenvalue weighted by molar-refractivity contribution is 0.588. The van der Waals surface area contributed by atoms with Crippen LogP contribution < -0.4 is 0 Å². The maximum absolute atomic E-state index is 14.5. The minimum Gasteiger partial charge on any atom is -0.252 e. The van der Waals surface area contributed by atoms with E-state index in [1.807, 2.05) is 30.3 Å². The van der Waals surface area contributed by atoms with Crippen LogP contribution in [-0.2, 0) is 0 Å². The van der Waals surface area contributed by atoms with Crippen molar-refractivity contribution < 1.29 is 8.78 Å². The van der Waals surface area contributed by atoms with Crippen molar-refractivity contribution in [2.45, 2.75) is 12.8 Å². The van der Waals surface area contributed by atoms with Crippen LogP contribution in [0.1, 0.15) is 35.1 Å². The third kappa shape index (κ3) is 3.39.